The zero-order valence-corrected chi connectivity index (χ0v) is 17.1. The van der Waals surface area contributed by atoms with Gasteiger partial charge in [-0.15, -0.1) is 0 Å². The van der Waals surface area contributed by atoms with Crippen molar-refractivity contribution in [2.24, 2.45) is 0 Å². The molecule has 2 fully saturated rings. The van der Waals surface area contributed by atoms with Crippen LogP contribution in [0.4, 0.5) is 16.0 Å². The van der Waals surface area contributed by atoms with Crippen LogP contribution in [0.3, 0.4) is 0 Å². The molecule has 0 spiro atoms. The molecule has 10 heteroatoms. The van der Waals surface area contributed by atoms with Crippen LogP contribution in [-0.2, 0) is 14.8 Å². The third kappa shape index (κ3) is 4.34. The lowest BCUT2D eigenvalue weighted by molar-refractivity contribution is 0.122. The van der Waals surface area contributed by atoms with Crippen LogP contribution in [0.2, 0.25) is 0 Å². The van der Waals surface area contributed by atoms with Crippen molar-refractivity contribution in [3.8, 4) is 0 Å². The molecule has 2 aromatic rings. The highest BCUT2D eigenvalue weighted by atomic mass is 32.2. The molecule has 0 unspecified atom stereocenters. The van der Waals surface area contributed by atoms with Crippen LogP contribution in [0.5, 0.6) is 0 Å². The number of anilines is 2. The highest BCUT2D eigenvalue weighted by molar-refractivity contribution is 7.89. The van der Waals surface area contributed by atoms with E-state index in [2.05, 4.69) is 19.8 Å². The van der Waals surface area contributed by atoms with Crippen LogP contribution in [0.1, 0.15) is 5.82 Å². The fourth-order valence-corrected chi connectivity index (χ4v) is 4.99. The normalized spacial score (nSPS) is 18.8. The number of morpholine rings is 1. The monoisotopic (exact) mass is 421 g/mol. The second-order valence-electron chi connectivity index (χ2n) is 7.08. The van der Waals surface area contributed by atoms with Gasteiger partial charge in [-0.05, 0) is 31.2 Å². The van der Waals surface area contributed by atoms with E-state index in [1.54, 1.807) is 0 Å². The van der Waals surface area contributed by atoms with Gasteiger partial charge in [-0.1, -0.05) is 0 Å². The molecule has 156 valence electrons. The van der Waals surface area contributed by atoms with Crippen molar-refractivity contribution in [3.63, 3.8) is 0 Å². The van der Waals surface area contributed by atoms with Gasteiger partial charge >= 0.3 is 0 Å². The number of benzene rings is 1. The third-order valence-electron chi connectivity index (χ3n) is 5.16. The average molecular weight is 421 g/mol. The van der Waals surface area contributed by atoms with E-state index in [4.69, 9.17) is 4.74 Å². The van der Waals surface area contributed by atoms with Crippen molar-refractivity contribution in [1.29, 1.82) is 0 Å². The van der Waals surface area contributed by atoms with Crippen molar-refractivity contribution in [2.45, 2.75) is 11.8 Å². The van der Waals surface area contributed by atoms with E-state index in [-0.39, 0.29) is 4.90 Å². The highest BCUT2D eigenvalue weighted by Crippen LogP contribution is 2.23. The van der Waals surface area contributed by atoms with Gasteiger partial charge in [0.05, 0.1) is 18.1 Å². The highest BCUT2D eigenvalue weighted by Gasteiger charge is 2.29. The van der Waals surface area contributed by atoms with Gasteiger partial charge in [-0.3, -0.25) is 0 Å². The van der Waals surface area contributed by atoms with Crippen LogP contribution >= 0.6 is 0 Å². The van der Waals surface area contributed by atoms with Crippen molar-refractivity contribution in [1.82, 2.24) is 14.3 Å². The summed E-state index contributed by atoms with van der Waals surface area (Å²) in [6.45, 7) is 6.54. The number of sulfonamides is 1. The first-order valence-electron chi connectivity index (χ1n) is 9.62. The summed E-state index contributed by atoms with van der Waals surface area (Å²) < 4.78 is 45.6. The molecule has 2 aliphatic heterocycles. The Balaban J connectivity index is 1.47. The van der Waals surface area contributed by atoms with Gasteiger partial charge in [-0.2, -0.15) is 4.31 Å². The lowest BCUT2D eigenvalue weighted by atomic mass is 10.3. The fraction of sp³-hybridized carbons (Fsp3) is 0.474. The summed E-state index contributed by atoms with van der Waals surface area (Å²) in [6.07, 6.45) is 0. The molecule has 1 aromatic carbocycles. The number of aryl methyl sites for hydroxylation is 1. The molecule has 0 amide bonds. The van der Waals surface area contributed by atoms with E-state index >= 15 is 0 Å². The van der Waals surface area contributed by atoms with Gasteiger partial charge in [0.15, 0.2) is 0 Å². The van der Waals surface area contributed by atoms with Crippen molar-refractivity contribution in [2.75, 3.05) is 62.3 Å². The minimum absolute atomic E-state index is 0.111. The van der Waals surface area contributed by atoms with E-state index in [0.29, 0.717) is 45.2 Å². The molecule has 8 nitrogen and oxygen atoms in total. The Morgan fingerprint density at radius 3 is 2.03 bits per heavy atom. The second kappa shape index (κ2) is 8.21. The number of halogens is 1. The Morgan fingerprint density at radius 2 is 1.45 bits per heavy atom. The van der Waals surface area contributed by atoms with E-state index in [0.717, 1.165) is 24.7 Å². The Bertz CT molecular complexity index is 956. The number of aromatic nitrogens is 2. The lowest BCUT2D eigenvalue weighted by Gasteiger charge is -2.35. The zero-order valence-electron chi connectivity index (χ0n) is 16.3. The molecule has 2 aliphatic rings. The number of rotatable bonds is 4. The molecular weight excluding hydrogens is 397 g/mol. The standard InChI is InChI=1S/C19H24FN5O3S/c1-15-21-18(14-19(22-15)24-10-12-28-13-11-24)23-6-8-25(9-7-23)29(26,27)17-4-2-16(20)3-5-17/h2-5,14H,6-13H2,1H3. The first-order chi connectivity index (χ1) is 13.9. The summed E-state index contributed by atoms with van der Waals surface area (Å²) in [4.78, 5) is 13.5. The summed E-state index contributed by atoms with van der Waals surface area (Å²) in [6, 6.07) is 6.90. The van der Waals surface area contributed by atoms with Gasteiger partial charge in [0.1, 0.15) is 23.3 Å². The predicted octanol–water partition coefficient (Wildman–Crippen LogP) is 1.27. The molecule has 0 bridgehead atoms. The van der Waals surface area contributed by atoms with E-state index in [1.165, 1.54) is 28.6 Å². The quantitative estimate of drug-likeness (QED) is 0.736. The Hall–Kier alpha value is -2.30. The smallest absolute Gasteiger partial charge is 0.243 e. The molecule has 2 saturated heterocycles. The molecule has 0 aliphatic carbocycles. The van der Waals surface area contributed by atoms with Crippen LogP contribution in [0.25, 0.3) is 0 Å². The SMILES string of the molecule is Cc1nc(N2CCOCC2)cc(N2CCN(S(=O)(=O)c3ccc(F)cc3)CC2)n1. The maximum atomic E-state index is 13.1. The number of ether oxygens (including phenoxy) is 1. The van der Waals surface area contributed by atoms with Gasteiger partial charge in [0.25, 0.3) is 0 Å². The number of nitrogens with zero attached hydrogens (tertiary/aromatic N) is 5. The van der Waals surface area contributed by atoms with E-state index < -0.39 is 15.8 Å². The van der Waals surface area contributed by atoms with Gasteiger partial charge in [-0.25, -0.2) is 22.8 Å². The number of hydrogen-bond acceptors (Lipinski definition) is 7. The Labute approximate surface area is 170 Å². The average Bonchev–Trinajstić information content (AvgIpc) is 2.74. The van der Waals surface area contributed by atoms with E-state index in [1.807, 2.05) is 13.0 Å². The van der Waals surface area contributed by atoms with Crippen molar-refractivity contribution < 1.29 is 17.5 Å². The van der Waals surface area contributed by atoms with Gasteiger partial charge < -0.3 is 14.5 Å². The Morgan fingerprint density at radius 1 is 0.897 bits per heavy atom. The molecule has 0 N–H and O–H groups in total. The number of hydrogen-bond donors (Lipinski definition) is 0. The molecule has 0 atom stereocenters. The van der Waals surface area contributed by atoms with Gasteiger partial charge in [0, 0.05) is 45.3 Å². The summed E-state index contributed by atoms with van der Waals surface area (Å²) in [7, 11) is -3.63. The van der Waals surface area contributed by atoms with Crippen LogP contribution < -0.4 is 9.80 Å². The van der Waals surface area contributed by atoms with Crippen LogP contribution in [-0.4, -0.2) is 75.2 Å². The lowest BCUT2D eigenvalue weighted by Crippen LogP contribution is -2.49. The molecule has 4 rings (SSSR count). The molecular formula is C19H24FN5O3S. The molecule has 0 saturated carbocycles. The van der Waals surface area contributed by atoms with Gasteiger partial charge in [0.2, 0.25) is 10.0 Å². The summed E-state index contributed by atoms with van der Waals surface area (Å²) >= 11 is 0. The maximum Gasteiger partial charge on any atom is 0.243 e. The summed E-state index contributed by atoms with van der Waals surface area (Å²) in [5.74, 6) is 1.91. The largest absolute Gasteiger partial charge is 0.378 e. The van der Waals surface area contributed by atoms with E-state index in [9.17, 15) is 12.8 Å². The Kier molecular flexibility index (Phi) is 5.66. The van der Waals surface area contributed by atoms with Crippen LogP contribution in [0.15, 0.2) is 35.2 Å². The summed E-state index contributed by atoms with van der Waals surface area (Å²) in [5, 5.41) is 0. The van der Waals surface area contributed by atoms with Crippen molar-refractivity contribution in [3.05, 3.63) is 42.0 Å². The molecule has 29 heavy (non-hydrogen) atoms. The first kappa shape index (κ1) is 20.0. The predicted molar refractivity (Wildman–Crippen MR) is 107 cm³/mol. The molecule has 3 heterocycles. The third-order valence-corrected chi connectivity index (χ3v) is 7.07. The molecule has 1 aromatic heterocycles. The van der Waals surface area contributed by atoms with Crippen molar-refractivity contribution >= 4 is 21.7 Å². The van der Waals surface area contributed by atoms with Crippen LogP contribution in [0, 0.1) is 12.7 Å². The molecule has 0 radical (unpaired) electrons. The topological polar surface area (TPSA) is 78.9 Å². The second-order valence-corrected chi connectivity index (χ2v) is 9.01. The fourth-order valence-electron chi connectivity index (χ4n) is 3.57. The summed E-state index contributed by atoms with van der Waals surface area (Å²) in [5.41, 5.74) is 0. The maximum absolute atomic E-state index is 13.1. The minimum Gasteiger partial charge on any atom is -0.378 e. The minimum atomic E-state index is -3.63. The number of piperazine rings is 1. The zero-order chi connectivity index (χ0) is 20.4. The first-order valence-corrected chi connectivity index (χ1v) is 11.1.